The highest BCUT2D eigenvalue weighted by Gasteiger charge is 2.16. The smallest absolute Gasteiger partial charge is 0.326 e. The molecule has 0 aliphatic rings. The molecule has 9 nitrogen and oxygen atoms in total. The average molecular weight is 439 g/mol. The lowest BCUT2D eigenvalue weighted by atomic mass is 10.1. The summed E-state index contributed by atoms with van der Waals surface area (Å²) in [6, 6.07) is 18.3. The van der Waals surface area contributed by atoms with Crippen molar-refractivity contribution in [2.24, 2.45) is 0 Å². The van der Waals surface area contributed by atoms with Crippen LogP contribution in [0.15, 0.2) is 66.7 Å². The van der Waals surface area contributed by atoms with E-state index in [1.54, 1.807) is 36.4 Å². The zero-order chi connectivity index (χ0) is 22.4. The van der Waals surface area contributed by atoms with E-state index < -0.39 is 22.0 Å². The van der Waals surface area contributed by atoms with E-state index in [2.05, 4.69) is 20.7 Å². The molecule has 0 unspecified atom stereocenters. The Kier molecular flexibility index (Phi) is 6.51. The number of nitrogens with one attached hydrogen (secondary N) is 5. The third-order valence-electron chi connectivity index (χ3n) is 4.18. The topological polar surface area (TPSA) is 140 Å². The summed E-state index contributed by atoms with van der Waals surface area (Å²) in [5.74, 6) is -1.24. The maximum absolute atomic E-state index is 12.5. The molecular formula is C21H21N5O4S. The number of rotatable bonds is 5. The second kappa shape index (κ2) is 9.26. The van der Waals surface area contributed by atoms with Gasteiger partial charge >= 0.3 is 6.03 Å². The van der Waals surface area contributed by atoms with Gasteiger partial charge in [-0.25, -0.2) is 13.2 Å². The van der Waals surface area contributed by atoms with Gasteiger partial charge in [0.2, 0.25) is 21.9 Å². The normalized spacial score (nSPS) is 10.9. The first-order valence-corrected chi connectivity index (χ1v) is 10.9. The van der Waals surface area contributed by atoms with Crippen LogP contribution >= 0.6 is 0 Å². The second-order valence-electron chi connectivity index (χ2n) is 6.71. The van der Waals surface area contributed by atoms with Crippen molar-refractivity contribution >= 4 is 50.1 Å². The molecule has 3 rings (SSSR count). The van der Waals surface area contributed by atoms with Crippen LogP contribution in [0.25, 0.3) is 10.8 Å². The molecule has 3 aromatic carbocycles. The first-order chi connectivity index (χ1) is 14.7. The van der Waals surface area contributed by atoms with Crippen molar-refractivity contribution in [3.05, 3.63) is 72.3 Å². The molecule has 0 aromatic heterocycles. The Labute approximate surface area is 179 Å². The molecule has 3 aromatic rings. The lowest BCUT2D eigenvalue weighted by Crippen LogP contribution is -2.45. The molecule has 5 N–H and O–H groups in total. The van der Waals surface area contributed by atoms with Gasteiger partial charge in [-0.3, -0.25) is 20.2 Å². The Morgan fingerprint density at radius 3 is 2.16 bits per heavy atom. The van der Waals surface area contributed by atoms with Crippen LogP contribution < -0.4 is 20.7 Å². The van der Waals surface area contributed by atoms with Crippen LogP contribution in [-0.4, -0.2) is 26.3 Å². The fraction of sp³-hybridized carbons (Fsp3) is 0.0952. The van der Waals surface area contributed by atoms with Gasteiger partial charge in [-0.1, -0.05) is 42.5 Å². The second-order valence-corrected chi connectivity index (χ2v) is 8.43. The molecule has 31 heavy (non-hydrogen) atoms. The first kappa shape index (κ1) is 21.8. The van der Waals surface area contributed by atoms with Crippen molar-refractivity contribution in [2.75, 3.05) is 10.6 Å². The number of carbonyl (C=O) groups is 2. The number of fused-ring (bicyclic) bond motifs is 1. The van der Waals surface area contributed by atoms with Crippen LogP contribution in [0, 0.1) is 5.41 Å². The molecule has 0 heterocycles. The number of guanidine groups is 1. The highest BCUT2D eigenvalue weighted by molar-refractivity contribution is 7.89. The first-order valence-electron chi connectivity index (χ1n) is 9.23. The SMILES string of the molecule is CC(=O)Nc1ccc(NC(=O)NC(=N)NS(=O)(=O)Cc2cccc3ccccc23)cc1. The van der Waals surface area contributed by atoms with Gasteiger partial charge in [0.15, 0.2) is 0 Å². The minimum atomic E-state index is -3.92. The van der Waals surface area contributed by atoms with E-state index in [1.807, 2.05) is 30.3 Å². The zero-order valence-electron chi connectivity index (χ0n) is 16.6. The molecule has 3 amide bonds. The van der Waals surface area contributed by atoms with Crippen molar-refractivity contribution in [3.63, 3.8) is 0 Å². The summed E-state index contributed by atoms with van der Waals surface area (Å²) < 4.78 is 27.0. The Morgan fingerprint density at radius 1 is 0.871 bits per heavy atom. The third kappa shape index (κ3) is 6.28. The largest absolute Gasteiger partial charge is 0.326 e. The summed E-state index contributed by atoms with van der Waals surface area (Å²) in [5, 5.41) is 16.7. The maximum Gasteiger partial charge on any atom is 0.326 e. The summed E-state index contributed by atoms with van der Waals surface area (Å²) in [4.78, 5) is 23.1. The van der Waals surface area contributed by atoms with Crippen LogP contribution in [0.3, 0.4) is 0 Å². The van der Waals surface area contributed by atoms with Crippen molar-refractivity contribution in [3.8, 4) is 0 Å². The molecule has 0 bridgehead atoms. The highest BCUT2D eigenvalue weighted by Crippen LogP contribution is 2.20. The van der Waals surface area contributed by atoms with Crippen LogP contribution in [0.4, 0.5) is 16.2 Å². The zero-order valence-corrected chi connectivity index (χ0v) is 17.4. The quantitative estimate of drug-likeness (QED) is 0.308. The average Bonchev–Trinajstić information content (AvgIpc) is 2.68. The number of urea groups is 1. The van der Waals surface area contributed by atoms with E-state index in [0.717, 1.165) is 10.8 Å². The van der Waals surface area contributed by atoms with Gasteiger partial charge in [0, 0.05) is 18.3 Å². The molecular weight excluding hydrogens is 418 g/mol. The lowest BCUT2D eigenvalue weighted by molar-refractivity contribution is -0.114. The molecule has 0 saturated heterocycles. The van der Waals surface area contributed by atoms with Crippen molar-refractivity contribution in [1.82, 2.24) is 10.0 Å². The van der Waals surface area contributed by atoms with E-state index in [1.165, 1.54) is 6.92 Å². The highest BCUT2D eigenvalue weighted by atomic mass is 32.2. The Balaban J connectivity index is 1.57. The lowest BCUT2D eigenvalue weighted by Gasteiger charge is -2.12. The number of carbonyl (C=O) groups excluding carboxylic acids is 2. The Morgan fingerprint density at radius 2 is 1.48 bits per heavy atom. The van der Waals surface area contributed by atoms with Crippen molar-refractivity contribution < 1.29 is 18.0 Å². The molecule has 0 spiro atoms. The summed E-state index contributed by atoms with van der Waals surface area (Å²) in [7, 11) is -3.92. The maximum atomic E-state index is 12.5. The summed E-state index contributed by atoms with van der Waals surface area (Å²) >= 11 is 0. The minimum absolute atomic E-state index is 0.220. The van der Waals surface area contributed by atoms with Gasteiger partial charge in [-0.05, 0) is 40.6 Å². The van der Waals surface area contributed by atoms with Crippen LogP contribution in [0.2, 0.25) is 0 Å². The van der Waals surface area contributed by atoms with Gasteiger partial charge < -0.3 is 10.6 Å². The standard InChI is InChI=1S/C21H21N5O4S/c1-14(27)23-17-9-11-18(12-10-17)24-21(28)25-20(22)26-31(29,30)13-16-7-4-6-15-5-2-3-8-19(15)16/h2-12H,13H2,1H3,(H,23,27)(H4,22,24,25,26,28). The fourth-order valence-electron chi connectivity index (χ4n) is 2.96. The Bertz CT molecular complexity index is 1230. The minimum Gasteiger partial charge on any atom is -0.326 e. The predicted octanol–water partition coefficient (Wildman–Crippen LogP) is 2.97. The van der Waals surface area contributed by atoms with Crippen molar-refractivity contribution in [1.29, 1.82) is 5.41 Å². The number of sulfonamides is 1. The van der Waals surface area contributed by atoms with Gasteiger partial charge in [-0.2, -0.15) is 0 Å². The van der Waals surface area contributed by atoms with E-state index >= 15 is 0 Å². The number of benzene rings is 3. The predicted molar refractivity (Wildman–Crippen MR) is 120 cm³/mol. The molecule has 0 atom stereocenters. The van der Waals surface area contributed by atoms with Crippen LogP contribution in [0.5, 0.6) is 0 Å². The van der Waals surface area contributed by atoms with E-state index in [9.17, 15) is 18.0 Å². The number of anilines is 2. The molecule has 0 aliphatic carbocycles. The number of hydrogen-bond acceptors (Lipinski definition) is 5. The van der Waals surface area contributed by atoms with E-state index in [-0.39, 0.29) is 11.7 Å². The van der Waals surface area contributed by atoms with Gasteiger partial charge in [0.05, 0.1) is 5.75 Å². The summed E-state index contributed by atoms with van der Waals surface area (Å²) in [5.41, 5.74) is 1.55. The van der Waals surface area contributed by atoms with Gasteiger partial charge in [0.25, 0.3) is 0 Å². The van der Waals surface area contributed by atoms with E-state index in [0.29, 0.717) is 16.9 Å². The molecule has 0 fully saturated rings. The number of amides is 3. The summed E-state index contributed by atoms with van der Waals surface area (Å²) in [6.45, 7) is 1.38. The third-order valence-corrected chi connectivity index (χ3v) is 5.39. The van der Waals surface area contributed by atoms with Crippen LogP contribution in [-0.2, 0) is 20.6 Å². The van der Waals surface area contributed by atoms with Gasteiger partial charge in [0.1, 0.15) is 0 Å². The van der Waals surface area contributed by atoms with Crippen LogP contribution in [0.1, 0.15) is 12.5 Å². The molecule has 160 valence electrons. The fourth-order valence-corrected chi connectivity index (χ4v) is 4.05. The molecule has 0 aliphatic heterocycles. The van der Waals surface area contributed by atoms with Crippen molar-refractivity contribution in [2.45, 2.75) is 12.7 Å². The summed E-state index contributed by atoms with van der Waals surface area (Å²) in [6.07, 6.45) is 0. The molecule has 10 heteroatoms. The molecule has 0 radical (unpaired) electrons. The van der Waals surface area contributed by atoms with E-state index in [4.69, 9.17) is 5.41 Å². The molecule has 0 saturated carbocycles. The monoisotopic (exact) mass is 439 g/mol. The number of hydrogen-bond donors (Lipinski definition) is 5. The van der Waals surface area contributed by atoms with Gasteiger partial charge in [-0.15, -0.1) is 0 Å². The Hall–Kier alpha value is -3.92.